The molecule has 0 radical (unpaired) electrons. The molecule has 8 heteroatoms. The van der Waals surface area contributed by atoms with Crippen LogP contribution in [0.3, 0.4) is 0 Å². The van der Waals surface area contributed by atoms with Crippen LogP contribution in [0.15, 0.2) is 48.0 Å². The first-order valence-electron chi connectivity index (χ1n) is 8.42. The van der Waals surface area contributed by atoms with Crippen LogP contribution in [0, 0.1) is 0 Å². The Hall–Kier alpha value is -2.90. The van der Waals surface area contributed by atoms with Crippen molar-refractivity contribution in [1.82, 2.24) is 4.90 Å². The summed E-state index contributed by atoms with van der Waals surface area (Å²) < 4.78 is 5.02. The first-order valence-corrected chi connectivity index (χ1v) is 9.20. The van der Waals surface area contributed by atoms with E-state index in [4.69, 9.17) is 28.6 Å². The van der Waals surface area contributed by atoms with E-state index in [0.29, 0.717) is 28.6 Å². The van der Waals surface area contributed by atoms with Gasteiger partial charge in [0.05, 0.1) is 12.8 Å². The summed E-state index contributed by atoms with van der Waals surface area (Å²) in [6.45, 7) is 2.08. The number of hydrogen-bond acceptors (Lipinski definition) is 5. The molecule has 0 aromatic heterocycles. The Labute approximate surface area is 172 Å². The number of halogens is 1. The van der Waals surface area contributed by atoms with Crippen LogP contribution in [0.4, 0.5) is 5.69 Å². The van der Waals surface area contributed by atoms with Crippen molar-refractivity contribution >= 4 is 52.5 Å². The quantitative estimate of drug-likeness (QED) is 0.468. The Bertz CT molecular complexity index is 988. The molecule has 3 rings (SSSR count). The zero-order valence-electron chi connectivity index (χ0n) is 15.2. The zero-order valence-corrected chi connectivity index (χ0v) is 16.8. The molecule has 144 valence electrons. The molecule has 2 amide bonds. The van der Waals surface area contributed by atoms with Crippen LogP contribution in [0.1, 0.15) is 12.5 Å². The molecule has 0 spiro atoms. The molecule has 1 aliphatic heterocycles. The molecule has 0 unspecified atom stereocenters. The lowest BCUT2D eigenvalue weighted by Crippen LogP contribution is -2.56. The topological polar surface area (TPSA) is 70.1 Å². The first-order chi connectivity index (χ1) is 13.4. The van der Waals surface area contributed by atoms with E-state index in [9.17, 15) is 14.7 Å². The summed E-state index contributed by atoms with van der Waals surface area (Å²) in [5.74, 6) is -0.831. The average molecular weight is 417 g/mol. The van der Waals surface area contributed by atoms with E-state index in [1.165, 1.54) is 29.1 Å². The number of carbonyl (C=O) groups is 2. The summed E-state index contributed by atoms with van der Waals surface area (Å²) in [5, 5.41) is 10.6. The summed E-state index contributed by atoms with van der Waals surface area (Å²) in [5.41, 5.74) is 0.929. The van der Waals surface area contributed by atoms with Crippen molar-refractivity contribution in [2.75, 3.05) is 18.6 Å². The minimum Gasteiger partial charge on any atom is -0.504 e. The number of methoxy groups -OCH3 is 1. The number of ether oxygens (including phenoxy) is 1. The summed E-state index contributed by atoms with van der Waals surface area (Å²) in [7, 11) is 1.44. The van der Waals surface area contributed by atoms with Crippen LogP contribution in [0.25, 0.3) is 6.08 Å². The number of rotatable bonds is 4. The van der Waals surface area contributed by atoms with Gasteiger partial charge >= 0.3 is 0 Å². The number of hydrogen-bond donors (Lipinski definition) is 1. The predicted octanol–water partition coefficient (Wildman–Crippen LogP) is 3.62. The van der Waals surface area contributed by atoms with E-state index in [1.807, 2.05) is 0 Å². The molecule has 2 aromatic carbocycles. The number of phenols is 1. The molecule has 1 saturated heterocycles. The molecule has 0 saturated carbocycles. The number of aromatic hydroxyl groups is 1. The second-order valence-corrected chi connectivity index (χ2v) is 6.74. The van der Waals surface area contributed by atoms with Gasteiger partial charge in [-0.3, -0.25) is 19.4 Å². The molecular weight excluding hydrogens is 400 g/mol. The third-order valence-electron chi connectivity index (χ3n) is 4.25. The van der Waals surface area contributed by atoms with Gasteiger partial charge in [0.2, 0.25) is 0 Å². The largest absolute Gasteiger partial charge is 0.504 e. The lowest BCUT2D eigenvalue weighted by Gasteiger charge is -2.36. The fourth-order valence-electron chi connectivity index (χ4n) is 2.84. The Morgan fingerprint density at radius 3 is 2.39 bits per heavy atom. The van der Waals surface area contributed by atoms with Gasteiger partial charge in [0.15, 0.2) is 16.6 Å². The van der Waals surface area contributed by atoms with Gasteiger partial charge in [0.25, 0.3) is 11.8 Å². The third-order valence-corrected chi connectivity index (χ3v) is 4.90. The van der Waals surface area contributed by atoms with Gasteiger partial charge in [-0.1, -0.05) is 17.7 Å². The van der Waals surface area contributed by atoms with E-state index in [0.717, 1.165) is 0 Å². The summed E-state index contributed by atoms with van der Waals surface area (Å²) in [6.07, 6.45) is 1.43. The van der Waals surface area contributed by atoms with E-state index in [-0.39, 0.29) is 16.4 Å². The highest BCUT2D eigenvalue weighted by Gasteiger charge is 2.39. The highest BCUT2D eigenvalue weighted by atomic mass is 35.5. The number of nitrogens with zero attached hydrogens (tertiary/aromatic N) is 2. The number of amides is 2. The van der Waals surface area contributed by atoms with Crippen LogP contribution in [0.2, 0.25) is 5.02 Å². The van der Waals surface area contributed by atoms with Crippen molar-refractivity contribution in [1.29, 1.82) is 0 Å². The fraction of sp³-hybridized carbons (Fsp3) is 0.150. The molecule has 2 aromatic rings. The van der Waals surface area contributed by atoms with Gasteiger partial charge in [-0.25, -0.2) is 0 Å². The van der Waals surface area contributed by atoms with Gasteiger partial charge in [0, 0.05) is 11.6 Å². The van der Waals surface area contributed by atoms with Gasteiger partial charge in [-0.05, 0) is 67.2 Å². The standard InChI is InChI=1S/C20H17ClN2O4S/c1-3-22-18(25)15(10-12-4-9-17(27-2)16(24)11-12)19(26)23(20(22)28)14-7-5-13(21)6-8-14/h4-11,24H,3H2,1-2H3/b15-10-. The normalized spacial score (nSPS) is 16.1. The summed E-state index contributed by atoms with van der Waals surface area (Å²) in [6, 6.07) is 11.2. The van der Waals surface area contributed by atoms with Crippen molar-refractivity contribution in [3.63, 3.8) is 0 Å². The van der Waals surface area contributed by atoms with Crippen LogP contribution in [-0.2, 0) is 9.59 Å². The maximum absolute atomic E-state index is 13.1. The van der Waals surface area contributed by atoms with Gasteiger partial charge in [0.1, 0.15) is 5.57 Å². The highest BCUT2D eigenvalue weighted by molar-refractivity contribution is 7.80. The minimum absolute atomic E-state index is 0.0602. The molecule has 0 aliphatic carbocycles. The highest BCUT2D eigenvalue weighted by Crippen LogP contribution is 2.30. The molecule has 6 nitrogen and oxygen atoms in total. The minimum atomic E-state index is -0.544. The van der Waals surface area contributed by atoms with Crippen LogP contribution in [-0.4, -0.2) is 40.6 Å². The second-order valence-electron chi connectivity index (χ2n) is 5.94. The Balaban J connectivity index is 2.07. The smallest absolute Gasteiger partial charge is 0.270 e. The Morgan fingerprint density at radius 2 is 1.82 bits per heavy atom. The number of carbonyl (C=O) groups excluding carboxylic acids is 2. The van der Waals surface area contributed by atoms with Crippen molar-refractivity contribution in [2.45, 2.75) is 6.92 Å². The first kappa shape index (κ1) is 19.9. The molecule has 1 fully saturated rings. The Morgan fingerprint density at radius 1 is 1.14 bits per heavy atom. The van der Waals surface area contributed by atoms with E-state index in [2.05, 4.69) is 0 Å². The van der Waals surface area contributed by atoms with E-state index in [1.54, 1.807) is 43.3 Å². The SMILES string of the molecule is CCN1C(=O)/C(=C/c2ccc(OC)c(O)c2)C(=O)N(c2ccc(Cl)cc2)C1=S. The Kier molecular flexibility index (Phi) is 5.67. The van der Waals surface area contributed by atoms with E-state index >= 15 is 0 Å². The fourth-order valence-corrected chi connectivity index (χ4v) is 3.36. The molecule has 0 bridgehead atoms. The van der Waals surface area contributed by atoms with Crippen LogP contribution < -0.4 is 9.64 Å². The number of benzene rings is 2. The predicted molar refractivity (Wildman–Crippen MR) is 112 cm³/mol. The molecule has 1 aliphatic rings. The second kappa shape index (κ2) is 8.00. The lowest BCUT2D eigenvalue weighted by molar-refractivity contribution is -0.127. The number of phenolic OH excluding ortho intramolecular Hbond substituents is 1. The number of anilines is 1. The molecule has 28 heavy (non-hydrogen) atoms. The van der Waals surface area contributed by atoms with E-state index < -0.39 is 11.8 Å². The zero-order chi connectivity index (χ0) is 20.4. The maximum Gasteiger partial charge on any atom is 0.270 e. The van der Waals surface area contributed by atoms with Crippen LogP contribution in [0.5, 0.6) is 11.5 Å². The summed E-state index contributed by atoms with van der Waals surface area (Å²) >= 11 is 11.3. The average Bonchev–Trinajstić information content (AvgIpc) is 2.67. The molecule has 1 heterocycles. The monoisotopic (exact) mass is 416 g/mol. The molecule has 0 atom stereocenters. The van der Waals surface area contributed by atoms with Gasteiger partial charge < -0.3 is 9.84 Å². The summed E-state index contributed by atoms with van der Waals surface area (Å²) in [4.78, 5) is 28.6. The van der Waals surface area contributed by atoms with Crippen molar-refractivity contribution in [2.24, 2.45) is 0 Å². The van der Waals surface area contributed by atoms with Gasteiger partial charge in [-0.2, -0.15) is 0 Å². The lowest BCUT2D eigenvalue weighted by atomic mass is 10.1. The number of thiocarbonyl (C=S) groups is 1. The maximum atomic E-state index is 13.1. The van der Waals surface area contributed by atoms with Gasteiger partial charge in [-0.15, -0.1) is 0 Å². The number of likely N-dealkylation sites (N-methyl/N-ethyl adjacent to an activating group) is 1. The van der Waals surface area contributed by atoms with Crippen molar-refractivity contribution in [3.8, 4) is 11.5 Å². The third kappa shape index (κ3) is 3.58. The van der Waals surface area contributed by atoms with Crippen LogP contribution >= 0.6 is 23.8 Å². The molecule has 1 N–H and O–H groups in total. The molecular formula is C20H17ClN2O4S. The van der Waals surface area contributed by atoms with Crippen molar-refractivity contribution < 1.29 is 19.4 Å². The van der Waals surface area contributed by atoms with Crippen molar-refractivity contribution in [3.05, 3.63) is 58.6 Å².